The van der Waals surface area contributed by atoms with Gasteiger partial charge in [0.2, 0.25) is 10.0 Å². The van der Waals surface area contributed by atoms with Crippen LogP contribution in [0.1, 0.15) is 24.9 Å². The predicted octanol–water partition coefficient (Wildman–Crippen LogP) is 1.24. The standard InChI is InChI=1S/C12H20N2O3S/c1-8-4-10(8)6-14-18(15,16)12-5-11(7-13-3)17-9(12)2/h5,8,10,13-14H,4,6-7H2,1-3H3. The van der Waals surface area contributed by atoms with Gasteiger partial charge in [-0.2, -0.15) is 0 Å². The second kappa shape index (κ2) is 5.03. The highest BCUT2D eigenvalue weighted by molar-refractivity contribution is 7.89. The van der Waals surface area contributed by atoms with Crippen LogP contribution in [0.3, 0.4) is 0 Å². The second-order valence-corrected chi connectivity index (χ2v) is 6.72. The van der Waals surface area contributed by atoms with Crippen molar-refractivity contribution in [1.29, 1.82) is 0 Å². The summed E-state index contributed by atoms with van der Waals surface area (Å²) in [6, 6.07) is 1.59. The van der Waals surface area contributed by atoms with Crippen LogP contribution in [0.25, 0.3) is 0 Å². The molecule has 0 amide bonds. The first-order valence-electron chi connectivity index (χ1n) is 6.17. The topological polar surface area (TPSA) is 71.3 Å². The third kappa shape index (κ3) is 2.93. The Morgan fingerprint density at radius 1 is 1.50 bits per heavy atom. The van der Waals surface area contributed by atoms with Crippen LogP contribution >= 0.6 is 0 Å². The van der Waals surface area contributed by atoms with E-state index in [-0.39, 0.29) is 4.90 Å². The Balaban J connectivity index is 2.08. The van der Waals surface area contributed by atoms with E-state index in [4.69, 9.17) is 4.42 Å². The van der Waals surface area contributed by atoms with Crippen molar-refractivity contribution in [3.8, 4) is 0 Å². The molecule has 0 aromatic carbocycles. The van der Waals surface area contributed by atoms with Crippen LogP contribution < -0.4 is 10.0 Å². The van der Waals surface area contributed by atoms with Gasteiger partial charge in [-0.25, -0.2) is 13.1 Å². The quantitative estimate of drug-likeness (QED) is 0.817. The van der Waals surface area contributed by atoms with Crippen molar-refractivity contribution in [2.24, 2.45) is 11.8 Å². The maximum absolute atomic E-state index is 12.1. The molecule has 2 rings (SSSR count). The number of furan rings is 1. The molecular weight excluding hydrogens is 252 g/mol. The number of hydrogen-bond donors (Lipinski definition) is 2. The molecule has 1 aromatic heterocycles. The van der Waals surface area contributed by atoms with E-state index in [1.54, 1.807) is 20.0 Å². The van der Waals surface area contributed by atoms with E-state index >= 15 is 0 Å². The number of aryl methyl sites for hydroxylation is 1. The Bertz CT molecular complexity index is 521. The maximum Gasteiger partial charge on any atom is 0.244 e. The van der Waals surface area contributed by atoms with E-state index in [0.29, 0.717) is 36.4 Å². The SMILES string of the molecule is CNCc1cc(S(=O)(=O)NCC2CC2C)c(C)o1. The molecule has 1 aliphatic carbocycles. The molecule has 0 aliphatic heterocycles. The van der Waals surface area contributed by atoms with E-state index < -0.39 is 10.0 Å². The van der Waals surface area contributed by atoms with Gasteiger partial charge in [-0.3, -0.25) is 0 Å². The zero-order valence-electron chi connectivity index (χ0n) is 11.0. The summed E-state index contributed by atoms with van der Waals surface area (Å²) >= 11 is 0. The molecule has 2 atom stereocenters. The van der Waals surface area contributed by atoms with E-state index in [2.05, 4.69) is 17.0 Å². The summed E-state index contributed by atoms with van der Waals surface area (Å²) in [6.07, 6.45) is 1.11. The van der Waals surface area contributed by atoms with Gasteiger partial charge >= 0.3 is 0 Å². The minimum absolute atomic E-state index is 0.251. The van der Waals surface area contributed by atoms with Crippen LogP contribution in [0.2, 0.25) is 0 Å². The van der Waals surface area contributed by atoms with E-state index in [1.165, 1.54) is 0 Å². The van der Waals surface area contributed by atoms with E-state index in [1.807, 2.05) is 0 Å². The first kappa shape index (κ1) is 13.6. The highest BCUT2D eigenvalue weighted by Gasteiger charge is 2.33. The average molecular weight is 272 g/mol. The predicted molar refractivity (Wildman–Crippen MR) is 68.7 cm³/mol. The fourth-order valence-electron chi connectivity index (χ4n) is 2.03. The number of hydrogen-bond acceptors (Lipinski definition) is 4. The molecule has 1 aromatic rings. The lowest BCUT2D eigenvalue weighted by molar-refractivity contribution is 0.465. The van der Waals surface area contributed by atoms with Crippen LogP contribution in [-0.4, -0.2) is 22.0 Å². The molecule has 18 heavy (non-hydrogen) atoms. The molecular formula is C12H20N2O3S. The number of rotatable bonds is 6. The van der Waals surface area contributed by atoms with Crippen molar-refractivity contribution >= 4 is 10.0 Å². The van der Waals surface area contributed by atoms with Crippen LogP contribution in [0.5, 0.6) is 0 Å². The van der Waals surface area contributed by atoms with Crippen molar-refractivity contribution in [3.05, 3.63) is 17.6 Å². The molecule has 5 nitrogen and oxygen atoms in total. The number of nitrogens with one attached hydrogen (secondary N) is 2. The molecule has 0 spiro atoms. The Morgan fingerprint density at radius 3 is 2.72 bits per heavy atom. The zero-order chi connectivity index (χ0) is 13.3. The molecule has 0 saturated heterocycles. The first-order chi connectivity index (χ1) is 8.44. The third-order valence-corrected chi connectivity index (χ3v) is 4.91. The molecule has 1 saturated carbocycles. The summed E-state index contributed by atoms with van der Waals surface area (Å²) in [7, 11) is -1.65. The Morgan fingerprint density at radius 2 is 2.17 bits per heavy atom. The van der Waals surface area contributed by atoms with Crippen molar-refractivity contribution < 1.29 is 12.8 Å². The van der Waals surface area contributed by atoms with E-state index in [0.717, 1.165) is 6.42 Å². The molecule has 1 heterocycles. The molecule has 1 fully saturated rings. The van der Waals surface area contributed by atoms with Crippen molar-refractivity contribution in [1.82, 2.24) is 10.0 Å². The molecule has 2 N–H and O–H groups in total. The van der Waals surface area contributed by atoms with Gasteiger partial charge in [0.25, 0.3) is 0 Å². The highest BCUT2D eigenvalue weighted by atomic mass is 32.2. The minimum Gasteiger partial charge on any atom is -0.464 e. The summed E-state index contributed by atoms with van der Waals surface area (Å²) in [5.41, 5.74) is 0. The largest absolute Gasteiger partial charge is 0.464 e. The van der Waals surface area contributed by atoms with Crippen molar-refractivity contribution in [2.75, 3.05) is 13.6 Å². The Hall–Kier alpha value is -0.850. The Labute approximate surface area is 108 Å². The Kier molecular flexibility index (Phi) is 3.79. The lowest BCUT2D eigenvalue weighted by Crippen LogP contribution is -2.26. The van der Waals surface area contributed by atoms with Crippen LogP contribution in [0.4, 0.5) is 0 Å². The van der Waals surface area contributed by atoms with Gasteiger partial charge in [0.15, 0.2) is 0 Å². The molecule has 0 radical (unpaired) electrons. The van der Waals surface area contributed by atoms with Crippen LogP contribution in [-0.2, 0) is 16.6 Å². The van der Waals surface area contributed by atoms with Crippen LogP contribution in [0.15, 0.2) is 15.4 Å². The molecule has 102 valence electrons. The first-order valence-corrected chi connectivity index (χ1v) is 7.66. The molecule has 0 bridgehead atoms. The average Bonchev–Trinajstić information content (AvgIpc) is 2.86. The fourth-order valence-corrected chi connectivity index (χ4v) is 3.33. The van der Waals surface area contributed by atoms with Crippen molar-refractivity contribution in [3.63, 3.8) is 0 Å². The lowest BCUT2D eigenvalue weighted by atomic mass is 10.3. The number of sulfonamides is 1. The summed E-state index contributed by atoms with van der Waals surface area (Å²) in [6.45, 7) is 4.85. The highest BCUT2D eigenvalue weighted by Crippen LogP contribution is 2.37. The van der Waals surface area contributed by atoms with Crippen LogP contribution in [0, 0.1) is 18.8 Å². The molecule has 1 aliphatic rings. The summed E-state index contributed by atoms with van der Waals surface area (Å²) in [4.78, 5) is 0.251. The molecule has 6 heteroatoms. The smallest absolute Gasteiger partial charge is 0.244 e. The minimum atomic E-state index is -3.44. The second-order valence-electron chi connectivity index (χ2n) is 4.99. The van der Waals surface area contributed by atoms with Crippen molar-refractivity contribution in [2.45, 2.75) is 31.7 Å². The van der Waals surface area contributed by atoms with Gasteiger partial charge in [0.1, 0.15) is 16.4 Å². The fraction of sp³-hybridized carbons (Fsp3) is 0.667. The maximum atomic E-state index is 12.1. The summed E-state index contributed by atoms with van der Waals surface area (Å²) in [5, 5.41) is 2.93. The lowest BCUT2D eigenvalue weighted by Gasteiger charge is -2.04. The summed E-state index contributed by atoms with van der Waals surface area (Å²) in [5.74, 6) is 2.20. The van der Waals surface area contributed by atoms with Gasteiger partial charge < -0.3 is 9.73 Å². The van der Waals surface area contributed by atoms with Gasteiger partial charge in [-0.15, -0.1) is 0 Å². The normalized spacial score (nSPS) is 23.3. The zero-order valence-corrected chi connectivity index (χ0v) is 11.8. The monoisotopic (exact) mass is 272 g/mol. The van der Waals surface area contributed by atoms with E-state index in [9.17, 15) is 8.42 Å². The van der Waals surface area contributed by atoms with Gasteiger partial charge in [0, 0.05) is 12.6 Å². The van der Waals surface area contributed by atoms with Gasteiger partial charge in [-0.1, -0.05) is 6.92 Å². The van der Waals surface area contributed by atoms with Gasteiger partial charge in [-0.05, 0) is 32.2 Å². The van der Waals surface area contributed by atoms with Gasteiger partial charge in [0.05, 0.1) is 6.54 Å². The third-order valence-electron chi connectivity index (χ3n) is 3.38. The summed E-state index contributed by atoms with van der Waals surface area (Å²) < 4.78 is 32.3. The molecule has 2 unspecified atom stereocenters.